The van der Waals surface area contributed by atoms with Crippen LogP contribution in [0.2, 0.25) is 5.02 Å². The summed E-state index contributed by atoms with van der Waals surface area (Å²) in [4.78, 5) is 22.9. The molecule has 1 aliphatic rings. The fourth-order valence-electron chi connectivity index (χ4n) is 1.84. The maximum absolute atomic E-state index is 11.8. The molecular weight excluding hydrogens is 258 g/mol. The smallest absolute Gasteiger partial charge is 0.339 e. The van der Waals surface area contributed by atoms with Crippen LogP contribution in [0.25, 0.3) is 0 Å². The Bertz CT molecular complexity index is 483. The van der Waals surface area contributed by atoms with Gasteiger partial charge in [0.1, 0.15) is 11.7 Å². The van der Waals surface area contributed by atoms with Gasteiger partial charge in [-0.05, 0) is 25.0 Å². The summed E-state index contributed by atoms with van der Waals surface area (Å²) in [6.45, 7) is 0.555. The molecule has 0 aromatic heterocycles. The molecule has 2 rings (SSSR count). The van der Waals surface area contributed by atoms with Gasteiger partial charge in [0.25, 0.3) is 5.91 Å². The highest BCUT2D eigenvalue weighted by Gasteiger charge is 2.25. The quantitative estimate of drug-likeness (QED) is 0.882. The van der Waals surface area contributed by atoms with Crippen molar-refractivity contribution < 1.29 is 19.4 Å². The lowest BCUT2D eigenvalue weighted by Crippen LogP contribution is -2.27. The number of anilines is 1. The highest BCUT2D eigenvalue weighted by Crippen LogP contribution is 2.25. The zero-order chi connectivity index (χ0) is 13.1. The van der Waals surface area contributed by atoms with E-state index in [9.17, 15) is 9.59 Å². The molecule has 1 saturated heterocycles. The van der Waals surface area contributed by atoms with Crippen LogP contribution in [0.1, 0.15) is 23.2 Å². The molecule has 1 aromatic rings. The van der Waals surface area contributed by atoms with Gasteiger partial charge < -0.3 is 15.2 Å². The molecule has 6 heteroatoms. The van der Waals surface area contributed by atoms with Crippen molar-refractivity contribution in [1.82, 2.24) is 0 Å². The number of carbonyl (C=O) groups excluding carboxylic acids is 1. The first kappa shape index (κ1) is 12.9. The lowest BCUT2D eigenvalue weighted by Gasteiger charge is -2.12. The van der Waals surface area contributed by atoms with Crippen LogP contribution in [0, 0.1) is 0 Å². The SMILES string of the molecule is O=C(O)c1c(Cl)cccc1NC(=O)C1CCCO1. The van der Waals surface area contributed by atoms with Crippen LogP contribution in [0.5, 0.6) is 0 Å². The second-order valence-electron chi connectivity index (χ2n) is 3.96. The topological polar surface area (TPSA) is 75.6 Å². The number of aromatic carboxylic acids is 1. The molecule has 1 aliphatic heterocycles. The molecule has 0 radical (unpaired) electrons. The maximum atomic E-state index is 11.8. The minimum Gasteiger partial charge on any atom is -0.478 e. The number of ether oxygens (including phenoxy) is 1. The molecule has 1 heterocycles. The monoisotopic (exact) mass is 269 g/mol. The average molecular weight is 270 g/mol. The third-order valence-electron chi connectivity index (χ3n) is 2.71. The first-order valence-electron chi connectivity index (χ1n) is 5.54. The summed E-state index contributed by atoms with van der Waals surface area (Å²) < 4.78 is 5.23. The van der Waals surface area contributed by atoms with Gasteiger partial charge in [-0.3, -0.25) is 4.79 Å². The van der Waals surface area contributed by atoms with Gasteiger partial charge in [-0.1, -0.05) is 17.7 Å². The number of rotatable bonds is 3. The first-order valence-corrected chi connectivity index (χ1v) is 5.91. The van der Waals surface area contributed by atoms with E-state index in [2.05, 4.69) is 5.32 Å². The molecule has 2 N–H and O–H groups in total. The van der Waals surface area contributed by atoms with E-state index >= 15 is 0 Å². The largest absolute Gasteiger partial charge is 0.478 e. The Labute approximate surface area is 109 Å². The van der Waals surface area contributed by atoms with E-state index in [1.807, 2.05) is 0 Å². The summed E-state index contributed by atoms with van der Waals surface area (Å²) in [5, 5.41) is 11.7. The molecule has 1 aromatic carbocycles. The molecular formula is C12H12ClNO4. The van der Waals surface area contributed by atoms with Crippen LogP contribution in [0.3, 0.4) is 0 Å². The summed E-state index contributed by atoms with van der Waals surface area (Å²) >= 11 is 5.80. The van der Waals surface area contributed by atoms with Gasteiger partial charge in [0.15, 0.2) is 0 Å². The van der Waals surface area contributed by atoms with Crippen LogP contribution < -0.4 is 5.32 Å². The van der Waals surface area contributed by atoms with Crippen molar-refractivity contribution in [1.29, 1.82) is 0 Å². The zero-order valence-electron chi connectivity index (χ0n) is 9.48. The van der Waals surface area contributed by atoms with Crippen LogP contribution >= 0.6 is 11.6 Å². The summed E-state index contributed by atoms with van der Waals surface area (Å²) in [6.07, 6.45) is 0.972. The Morgan fingerprint density at radius 1 is 1.44 bits per heavy atom. The number of carbonyl (C=O) groups is 2. The minimum absolute atomic E-state index is 0.0904. The van der Waals surface area contributed by atoms with Gasteiger partial charge in [0, 0.05) is 6.61 Å². The standard InChI is InChI=1S/C12H12ClNO4/c13-7-3-1-4-8(10(7)12(16)17)14-11(15)9-5-2-6-18-9/h1,3-4,9H,2,5-6H2,(H,14,15)(H,16,17). The molecule has 96 valence electrons. The normalized spacial score (nSPS) is 18.6. The summed E-state index contributed by atoms with van der Waals surface area (Å²) in [6, 6.07) is 4.55. The molecule has 18 heavy (non-hydrogen) atoms. The fraction of sp³-hybridized carbons (Fsp3) is 0.333. The van der Waals surface area contributed by atoms with Gasteiger partial charge in [-0.2, -0.15) is 0 Å². The third-order valence-corrected chi connectivity index (χ3v) is 3.02. The molecule has 0 aliphatic carbocycles. The number of nitrogens with one attached hydrogen (secondary N) is 1. The molecule has 1 unspecified atom stereocenters. The number of amides is 1. The number of hydrogen-bond acceptors (Lipinski definition) is 3. The van der Waals surface area contributed by atoms with E-state index in [4.69, 9.17) is 21.4 Å². The zero-order valence-corrected chi connectivity index (χ0v) is 10.2. The number of carboxylic acid groups (broad SMARTS) is 1. The number of hydrogen-bond donors (Lipinski definition) is 2. The van der Waals surface area contributed by atoms with Gasteiger partial charge in [-0.25, -0.2) is 4.79 Å². The summed E-state index contributed by atoms with van der Waals surface area (Å²) in [5.74, 6) is -1.51. The van der Waals surface area contributed by atoms with Gasteiger partial charge in [-0.15, -0.1) is 0 Å². The molecule has 1 amide bonds. The molecule has 5 nitrogen and oxygen atoms in total. The second kappa shape index (κ2) is 5.37. The predicted octanol–water partition coefficient (Wildman–Crippen LogP) is 2.16. The Balaban J connectivity index is 2.20. The third kappa shape index (κ3) is 2.63. The van der Waals surface area contributed by atoms with Crippen LogP contribution in [0.15, 0.2) is 18.2 Å². The van der Waals surface area contributed by atoms with Crippen molar-refractivity contribution in [3.8, 4) is 0 Å². The lowest BCUT2D eigenvalue weighted by molar-refractivity contribution is -0.124. The number of carboxylic acids is 1. The molecule has 0 saturated carbocycles. The van der Waals surface area contributed by atoms with Gasteiger partial charge in [0.2, 0.25) is 0 Å². The van der Waals surface area contributed by atoms with Crippen LogP contribution in [0.4, 0.5) is 5.69 Å². The average Bonchev–Trinajstić information content (AvgIpc) is 2.81. The predicted molar refractivity (Wildman–Crippen MR) is 66.0 cm³/mol. The van der Waals surface area contributed by atoms with E-state index in [1.54, 1.807) is 6.07 Å². The highest BCUT2D eigenvalue weighted by molar-refractivity contribution is 6.34. The van der Waals surface area contributed by atoms with E-state index < -0.39 is 12.1 Å². The molecule has 1 fully saturated rings. The van der Waals surface area contributed by atoms with Crippen LogP contribution in [-0.2, 0) is 9.53 Å². The van der Waals surface area contributed by atoms with Crippen molar-refractivity contribution in [2.75, 3.05) is 11.9 Å². The Kier molecular flexibility index (Phi) is 3.84. The lowest BCUT2D eigenvalue weighted by atomic mass is 10.1. The van der Waals surface area contributed by atoms with E-state index in [-0.39, 0.29) is 22.2 Å². The molecule has 0 bridgehead atoms. The van der Waals surface area contributed by atoms with Crippen molar-refractivity contribution in [3.63, 3.8) is 0 Å². The number of benzene rings is 1. The minimum atomic E-state index is -1.18. The molecule has 0 spiro atoms. The Hall–Kier alpha value is -1.59. The Morgan fingerprint density at radius 3 is 2.83 bits per heavy atom. The van der Waals surface area contributed by atoms with Crippen molar-refractivity contribution in [2.24, 2.45) is 0 Å². The number of halogens is 1. The fourth-order valence-corrected chi connectivity index (χ4v) is 2.10. The van der Waals surface area contributed by atoms with E-state index in [1.165, 1.54) is 12.1 Å². The van der Waals surface area contributed by atoms with Gasteiger partial charge in [0.05, 0.1) is 10.7 Å². The van der Waals surface area contributed by atoms with Gasteiger partial charge >= 0.3 is 5.97 Å². The molecule has 1 atom stereocenters. The van der Waals surface area contributed by atoms with Crippen LogP contribution in [-0.4, -0.2) is 29.7 Å². The van der Waals surface area contributed by atoms with Crippen molar-refractivity contribution in [3.05, 3.63) is 28.8 Å². The van der Waals surface area contributed by atoms with E-state index in [0.29, 0.717) is 13.0 Å². The van der Waals surface area contributed by atoms with Crippen molar-refractivity contribution in [2.45, 2.75) is 18.9 Å². The van der Waals surface area contributed by atoms with E-state index in [0.717, 1.165) is 6.42 Å². The van der Waals surface area contributed by atoms with Crippen molar-refractivity contribution >= 4 is 29.2 Å². The summed E-state index contributed by atoms with van der Waals surface area (Å²) in [5.41, 5.74) is 0.0843. The Morgan fingerprint density at radius 2 is 2.22 bits per heavy atom. The highest BCUT2D eigenvalue weighted by atomic mass is 35.5. The summed E-state index contributed by atoms with van der Waals surface area (Å²) in [7, 11) is 0. The maximum Gasteiger partial charge on any atom is 0.339 e. The first-order chi connectivity index (χ1) is 8.59. The second-order valence-corrected chi connectivity index (χ2v) is 4.37.